The number of carbonyl (C=O) groups excluding carboxylic acids is 1. The lowest BCUT2D eigenvalue weighted by Crippen LogP contribution is -2.51. The van der Waals surface area contributed by atoms with Gasteiger partial charge in [-0.25, -0.2) is 18.2 Å². The van der Waals surface area contributed by atoms with Crippen LogP contribution in [0.4, 0.5) is 13.6 Å². The van der Waals surface area contributed by atoms with E-state index in [-0.39, 0.29) is 42.6 Å². The van der Waals surface area contributed by atoms with Crippen molar-refractivity contribution in [3.63, 3.8) is 0 Å². The van der Waals surface area contributed by atoms with E-state index in [2.05, 4.69) is 9.72 Å². The van der Waals surface area contributed by atoms with Gasteiger partial charge in [-0.2, -0.15) is 13.1 Å². The zero-order chi connectivity index (χ0) is 20.4. The van der Waals surface area contributed by atoms with Gasteiger partial charge in [-0.05, 0) is 33.8 Å². The van der Waals surface area contributed by atoms with Crippen LogP contribution in [0.2, 0.25) is 0 Å². The van der Waals surface area contributed by atoms with Crippen LogP contribution in [-0.2, 0) is 14.8 Å². The molecule has 1 aliphatic heterocycles. The Bertz CT molecular complexity index is 788. The van der Waals surface area contributed by atoms with Gasteiger partial charge in [0.05, 0.1) is 5.69 Å². The van der Waals surface area contributed by atoms with Gasteiger partial charge in [0.15, 0.2) is 0 Å². The second-order valence-electron chi connectivity index (χ2n) is 6.98. The van der Waals surface area contributed by atoms with E-state index in [1.165, 1.54) is 22.2 Å². The number of aryl methyl sites for hydroxylation is 1. The van der Waals surface area contributed by atoms with E-state index in [0.29, 0.717) is 0 Å². The molecule has 1 fully saturated rings. The van der Waals surface area contributed by atoms with Crippen LogP contribution in [0.25, 0.3) is 0 Å². The van der Waals surface area contributed by atoms with Gasteiger partial charge in [-0.1, -0.05) is 0 Å². The Kier molecular flexibility index (Phi) is 6.25. The van der Waals surface area contributed by atoms with Gasteiger partial charge in [0.1, 0.15) is 10.5 Å². The van der Waals surface area contributed by atoms with Gasteiger partial charge in [0.2, 0.25) is 15.9 Å². The molecule has 1 aromatic rings. The predicted molar refractivity (Wildman–Crippen MR) is 92.2 cm³/mol. The van der Waals surface area contributed by atoms with Crippen molar-refractivity contribution in [2.75, 3.05) is 26.2 Å². The number of aromatic nitrogens is 1. The van der Waals surface area contributed by atoms with Crippen LogP contribution in [0, 0.1) is 6.92 Å². The molecule has 0 aliphatic carbocycles. The molecule has 1 aliphatic rings. The van der Waals surface area contributed by atoms with Crippen molar-refractivity contribution in [3.8, 4) is 5.88 Å². The monoisotopic (exact) mass is 407 g/mol. The molecule has 11 heteroatoms. The predicted octanol–water partition coefficient (Wildman–Crippen LogP) is 2.23. The minimum atomic E-state index is -3.87. The molecule has 1 saturated heterocycles. The summed E-state index contributed by atoms with van der Waals surface area (Å²) in [5, 5.41) is 0. The highest BCUT2D eigenvalue weighted by Gasteiger charge is 2.33. The summed E-state index contributed by atoms with van der Waals surface area (Å²) < 4.78 is 60.8. The van der Waals surface area contributed by atoms with Crippen LogP contribution in [-0.4, -0.2) is 67.1 Å². The molecule has 2 heterocycles. The number of hydrogen-bond acceptors (Lipinski definition) is 6. The standard InChI is InChI=1S/C16H23F2N3O5S/c1-11-12(5-6-13(19-11)25-14(17)18)27(23,24)21-9-7-20(8-10-21)15(22)26-16(2,3)4/h5-6,14H,7-10H2,1-4H3. The van der Waals surface area contributed by atoms with Crippen LogP contribution in [0.5, 0.6) is 5.88 Å². The minimum absolute atomic E-state index is 0.0581. The number of sulfonamides is 1. The molecule has 27 heavy (non-hydrogen) atoms. The lowest BCUT2D eigenvalue weighted by molar-refractivity contribution is -0.0529. The molecule has 0 spiro atoms. The Morgan fingerprint density at radius 3 is 2.26 bits per heavy atom. The summed E-state index contributed by atoms with van der Waals surface area (Å²) in [5.41, 5.74) is -0.576. The van der Waals surface area contributed by atoms with Crippen molar-refractivity contribution < 1.29 is 31.5 Å². The van der Waals surface area contributed by atoms with Crippen LogP contribution >= 0.6 is 0 Å². The Morgan fingerprint density at radius 2 is 1.78 bits per heavy atom. The van der Waals surface area contributed by atoms with Gasteiger partial charge in [-0.3, -0.25) is 0 Å². The molecule has 0 bridgehead atoms. The van der Waals surface area contributed by atoms with Crippen LogP contribution in [0.1, 0.15) is 26.5 Å². The van der Waals surface area contributed by atoms with E-state index < -0.39 is 28.3 Å². The van der Waals surface area contributed by atoms with Crippen molar-refractivity contribution in [2.24, 2.45) is 0 Å². The van der Waals surface area contributed by atoms with Gasteiger partial charge in [-0.15, -0.1) is 0 Å². The molecular formula is C16H23F2N3O5S. The summed E-state index contributed by atoms with van der Waals surface area (Å²) >= 11 is 0. The fourth-order valence-electron chi connectivity index (χ4n) is 2.53. The largest absolute Gasteiger partial charge is 0.444 e. The molecule has 8 nitrogen and oxygen atoms in total. The van der Waals surface area contributed by atoms with E-state index in [1.807, 2.05) is 0 Å². The highest BCUT2D eigenvalue weighted by molar-refractivity contribution is 7.89. The number of amides is 1. The Balaban J connectivity index is 2.08. The summed E-state index contributed by atoms with van der Waals surface area (Å²) in [5.74, 6) is -0.351. The number of rotatable bonds is 4. The fraction of sp³-hybridized carbons (Fsp3) is 0.625. The molecule has 0 unspecified atom stereocenters. The summed E-state index contributed by atoms with van der Waals surface area (Å²) in [7, 11) is -3.87. The van der Waals surface area contributed by atoms with E-state index in [4.69, 9.17) is 4.74 Å². The van der Waals surface area contributed by atoms with Crippen LogP contribution in [0.15, 0.2) is 17.0 Å². The average molecular weight is 407 g/mol. The van der Waals surface area contributed by atoms with Crippen LogP contribution < -0.4 is 4.74 Å². The number of ether oxygens (including phenoxy) is 2. The number of alkyl halides is 2. The molecule has 0 N–H and O–H groups in total. The molecule has 152 valence electrons. The first kappa shape index (κ1) is 21.3. The lowest BCUT2D eigenvalue weighted by Gasteiger charge is -2.35. The fourth-order valence-corrected chi connectivity index (χ4v) is 4.11. The van der Waals surface area contributed by atoms with Crippen molar-refractivity contribution in [3.05, 3.63) is 17.8 Å². The molecule has 2 rings (SSSR count). The zero-order valence-electron chi connectivity index (χ0n) is 15.6. The van der Waals surface area contributed by atoms with Gasteiger partial charge in [0, 0.05) is 32.2 Å². The summed E-state index contributed by atoms with van der Waals surface area (Å²) in [4.78, 5) is 17.2. The maximum Gasteiger partial charge on any atom is 0.410 e. The van der Waals surface area contributed by atoms with Crippen molar-refractivity contribution in [1.82, 2.24) is 14.2 Å². The van der Waals surface area contributed by atoms with Crippen molar-refractivity contribution in [2.45, 2.75) is 44.8 Å². The zero-order valence-corrected chi connectivity index (χ0v) is 16.4. The smallest absolute Gasteiger partial charge is 0.410 e. The third-order valence-electron chi connectivity index (χ3n) is 3.73. The van der Waals surface area contributed by atoms with Gasteiger partial charge in [0.25, 0.3) is 0 Å². The molecule has 0 radical (unpaired) electrons. The first-order chi connectivity index (χ1) is 12.4. The second-order valence-corrected chi connectivity index (χ2v) is 8.89. The minimum Gasteiger partial charge on any atom is -0.444 e. The number of nitrogens with zero attached hydrogens (tertiary/aromatic N) is 3. The van der Waals surface area contributed by atoms with Crippen LogP contribution in [0.3, 0.4) is 0 Å². The summed E-state index contributed by atoms with van der Waals surface area (Å²) in [6.07, 6.45) is -0.495. The topological polar surface area (TPSA) is 89.0 Å². The van der Waals surface area contributed by atoms with Crippen molar-refractivity contribution in [1.29, 1.82) is 0 Å². The van der Waals surface area contributed by atoms with E-state index >= 15 is 0 Å². The molecule has 0 aromatic carbocycles. The number of carbonyl (C=O) groups is 1. The molecule has 0 atom stereocenters. The first-order valence-electron chi connectivity index (χ1n) is 8.31. The highest BCUT2D eigenvalue weighted by Crippen LogP contribution is 2.23. The average Bonchev–Trinajstić information content (AvgIpc) is 2.52. The third-order valence-corrected chi connectivity index (χ3v) is 5.76. The molecule has 0 saturated carbocycles. The molecule has 1 aromatic heterocycles. The summed E-state index contributed by atoms with van der Waals surface area (Å²) in [6, 6.07) is 2.28. The van der Waals surface area contributed by atoms with E-state index in [1.54, 1.807) is 20.8 Å². The summed E-state index contributed by atoms with van der Waals surface area (Å²) in [6.45, 7) is 4.18. The quantitative estimate of drug-likeness (QED) is 0.761. The molecule has 1 amide bonds. The van der Waals surface area contributed by atoms with E-state index in [0.717, 1.165) is 6.07 Å². The van der Waals surface area contributed by atoms with Crippen molar-refractivity contribution >= 4 is 16.1 Å². The maximum atomic E-state index is 12.8. The van der Waals surface area contributed by atoms with Gasteiger partial charge >= 0.3 is 12.7 Å². The highest BCUT2D eigenvalue weighted by atomic mass is 32.2. The number of pyridine rings is 1. The second kappa shape index (κ2) is 7.93. The Labute approximate surface area is 157 Å². The molecular weight excluding hydrogens is 384 g/mol. The van der Waals surface area contributed by atoms with Gasteiger partial charge < -0.3 is 14.4 Å². The Morgan fingerprint density at radius 1 is 1.19 bits per heavy atom. The normalized spacial score (nSPS) is 16.5. The third kappa shape index (κ3) is 5.48. The number of piperazine rings is 1. The number of halogens is 2. The maximum absolute atomic E-state index is 12.8. The first-order valence-corrected chi connectivity index (χ1v) is 9.75. The SMILES string of the molecule is Cc1nc(OC(F)F)ccc1S(=O)(=O)N1CCN(C(=O)OC(C)(C)C)CC1. The van der Waals surface area contributed by atoms with E-state index in [9.17, 15) is 22.0 Å². The lowest BCUT2D eigenvalue weighted by atomic mass is 10.2. The number of hydrogen-bond donors (Lipinski definition) is 0. The Hall–Kier alpha value is -2.01.